The highest BCUT2D eigenvalue weighted by molar-refractivity contribution is 7.21. The number of anilines is 1. The Kier molecular flexibility index (Phi) is 4.52. The highest BCUT2D eigenvalue weighted by Crippen LogP contribution is 2.37. The van der Waals surface area contributed by atoms with Crippen LogP contribution >= 0.6 is 22.9 Å². The van der Waals surface area contributed by atoms with Crippen LogP contribution in [0, 0.1) is 6.92 Å². The number of ether oxygens (including phenoxy) is 1. The van der Waals surface area contributed by atoms with E-state index in [-0.39, 0.29) is 5.91 Å². The third kappa shape index (κ3) is 2.92. The number of halogens is 1. The number of carbonyl (C=O) groups is 1. The SMILES string of the molecule is Cc1nc(-c2ccccc2Cl)nc2sc(C(=O)N3CCOCC3)c(N)c12. The van der Waals surface area contributed by atoms with E-state index < -0.39 is 0 Å². The maximum atomic E-state index is 12.8. The van der Waals surface area contributed by atoms with Crippen LogP contribution in [0.1, 0.15) is 15.4 Å². The average Bonchev–Trinajstić information content (AvgIpc) is 2.99. The summed E-state index contributed by atoms with van der Waals surface area (Å²) < 4.78 is 5.31. The second kappa shape index (κ2) is 6.83. The molecule has 6 nitrogen and oxygen atoms in total. The Morgan fingerprint density at radius 3 is 2.73 bits per heavy atom. The molecule has 1 saturated heterocycles. The molecule has 0 unspecified atom stereocenters. The largest absolute Gasteiger partial charge is 0.397 e. The van der Waals surface area contributed by atoms with E-state index in [4.69, 9.17) is 22.1 Å². The fourth-order valence-corrected chi connectivity index (χ4v) is 4.36. The van der Waals surface area contributed by atoms with E-state index in [1.807, 2.05) is 25.1 Å². The maximum Gasteiger partial charge on any atom is 0.266 e. The van der Waals surface area contributed by atoms with E-state index in [0.29, 0.717) is 52.5 Å². The zero-order chi connectivity index (χ0) is 18.3. The summed E-state index contributed by atoms with van der Waals surface area (Å²) in [7, 11) is 0. The lowest BCUT2D eigenvalue weighted by molar-refractivity contribution is 0.0307. The van der Waals surface area contributed by atoms with Crippen LogP contribution < -0.4 is 5.73 Å². The molecule has 1 fully saturated rings. The molecule has 0 aliphatic carbocycles. The van der Waals surface area contributed by atoms with Crippen molar-refractivity contribution in [2.45, 2.75) is 6.92 Å². The van der Waals surface area contributed by atoms with Crippen molar-refractivity contribution in [1.29, 1.82) is 0 Å². The van der Waals surface area contributed by atoms with E-state index in [1.165, 1.54) is 11.3 Å². The van der Waals surface area contributed by atoms with Gasteiger partial charge in [-0.15, -0.1) is 11.3 Å². The van der Waals surface area contributed by atoms with Gasteiger partial charge in [0.2, 0.25) is 0 Å². The molecule has 0 radical (unpaired) electrons. The molecule has 2 N–H and O–H groups in total. The topological polar surface area (TPSA) is 81.3 Å². The van der Waals surface area contributed by atoms with Crippen LogP contribution in [-0.4, -0.2) is 47.1 Å². The fraction of sp³-hybridized carbons (Fsp3) is 0.278. The third-order valence-corrected chi connectivity index (χ3v) is 5.79. The summed E-state index contributed by atoms with van der Waals surface area (Å²) in [4.78, 5) is 25.0. The number of amides is 1. The summed E-state index contributed by atoms with van der Waals surface area (Å²) in [5, 5.41) is 1.32. The Labute approximate surface area is 159 Å². The van der Waals surface area contributed by atoms with Gasteiger partial charge in [-0.3, -0.25) is 4.79 Å². The number of hydrogen-bond donors (Lipinski definition) is 1. The number of nitrogen functional groups attached to an aromatic ring is 1. The minimum absolute atomic E-state index is 0.0764. The number of aryl methyl sites for hydroxylation is 1. The van der Waals surface area contributed by atoms with Crippen molar-refractivity contribution >= 4 is 44.7 Å². The van der Waals surface area contributed by atoms with Gasteiger partial charge in [-0.1, -0.05) is 23.7 Å². The number of thiophene rings is 1. The minimum atomic E-state index is -0.0764. The number of aromatic nitrogens is 2. The standard InChI is InChI=1S/C18H17ClN4O2S/c1-10-13-14(20)15(18(24)23-6-8-25-9-7-23)26-17(13)22-16(21-10)11-4-2-3-5-12(11)19/h2-5H,6-9,20H2,1H3. The first-order chi connectivity index (χ1) is 12.6. The van der Waals surface area contributed by atoms with Crippen LogP contribution in [0.3, 0.4) is 0 Å². The Balaban J connectivity index is 1.80. The molecule has 1 amide bonds. The van der Waals surface area contributed by atoms with Crippen LogP contribution in [0.4, 0.5) is 5.69 Å². The lowest BCUT2D eigenvalue weighted by Gasteiger charge is -2.26. The van der Waals surface area contributed by atoms with E-state index in [1.54, 1.807) is 11.0 Å². The number of rotatable bonds is 2. The molecule has 2 aromatic heterocycles. The van der Waals surface area contributed by atoms with Gasteiger partial charge in [0.25, 0.3) is 5.91 Å². The third-order valence-electron chi connectivity index (χ3n) is 4.38. The highest BCUT2D eigenvalue weighted by atomic mass is 35.5. The number of benzene rings is 1. The summed E-state index contributed by atoms with van der Waals surface area (Å²) in [6, 6.07) is 7.43. The molecule has 1 aliphatic heterocycles. The van der Waals surface area contributed by atoms with Crippen molar-refractivity contribution in [1.82, 2.24) is 14.9 Å². The van der Waals surface area contributed by atoms with Crippen molar-refractivity contribution in [3.05, 3.63) is 39.9 Å². The Morgan fingerprint density at radius 1 is 1.27 bits per heavy atom. The number of nitrogens with zero attached hydrogens (tertiary/aromatic N) is 3. The van der Waals surface area contributed by atoms with Gasteiger partial charge in [-0.05, 0) is 19.1 Å². The first kappa shape index (κ1) is 17.2. The van der Waals surface area contributed by atoms with Gasteiger partial charge in [0.1, 0.15) is 9.71 Å². The lowest BCUT2D eigenvalue weighted by atomic mass is 10.2. The van der Waals surface area contributed by atoms with Crippen LogP contribution in [0.5, 0.6) is 0 Å². The van der Waals surface area contributed by atoms with Crippen LogP contribution in [0.15, 0.2) is 24.3 Å². The first-order valence-corrected chi connectivity index (χ1v) is 9.44. The van der Waals surface area contributed by atoms with E-state index in [0.717, 1.165) is 16.6 Å². The van der Waals surface area contributed by atoms with E-state index in [2.05, 4.69) is 9.97 Å². The second-order valence-corrected chi connectivity index (χ2v) is 7.45. The average molecular weight is 389 g/mol. The van der Waals surface area contributed by atoms with Crippen molar-refractivity contribution in [2.24, 2.45) is 0 Å². The molecule has 26 heavy (non-hydrogen) atoms. The van der Waals surface area contributed by atoms with E-state index in [9.17, 15) is 4.79 Å². The number of carbonyl (C=O) groups excluding carboxylic acids is 1. The molecule has 0 spiro atoms. The van der Waals surface area contributed by atoms with E-state index >= 15 is 0 Å². The number of morpholine rings is 1. The van der Waals surface area contributed by atoms with Crippen molar-refractivity contribution in [3.63, 3.8) is 0 Å². The summed E-state index contributed by atoms with van der Waals surface area (Å²) in [5.74, 6) is 0.458. The molecule has 8 heteroatoms. The number of hydrogen-bond acceptors (Lipinski definition) is 6. The lowest BCUT2D eigenvalue weighted by Crippen LogP contribution is -2.40. The monoisotopic (exact) mass is 388 g/mol. The molecule has 134 valence electrons. The predicted octanol–water partition coefficient (Wildman–Crippen LogP) is 3.37. The van der Waals surface area contributed by atoms with Crippen LogP contribution in [-0.2, 0) is 4.74 Å². The molecular formula is C18H17ClN4O2S. The number of fused-ring (bicyclic) bond motifs is 1. The molecule has 0 saturated carbocycles. The molecule has 4 rings (SSSR count). The molecule has 3 heterocycles. The minimum Gasteiger partial charge on any atom is -0.397 e. The Morgan fingerprint density at radius 2 is 2.00 bits per heavy atom. The molecule has 1 aliphatic rings. The summed E-state index contributed by atoms with van der Waals surface area (Å²) in [6.45, 7) is 4.11. The van der Waals surface area contributed by atoms with Gasteiger partial charge in [0.15, 0.2) is 5.82 Å². The van der Waals surface area contributed by atoms with Crippen LogP contribution in [0.25, 0.3) is 21.6 Å². The molecule has 0 bridgehead atoms. The van der Waals surface area contributed by atoms with Crippen molar-refractivity contribution in [2.75, 3.05) is 32.0 Å². The predicted molar refractivity (Wildman–Crippen MR) is 104 cm³/mol. The normalized spacial score (nSPS) is 14.8. The summed E-state index contributed by atoms with van der Waals surface area (Å²) in [6.07, 6.45) is 0. The molecular weight excluding hydrogens is 372 g/mol. The Bertz CT molecular complexity index is 998. The van der Waals surface area contributed by atoms with Gasteiger partial charge in [0.05, 0.1) is 35.0 Å². The summed E-state index contributed by atoms with van der Waals surface area (Å²) >= 11 is 7.58. The van der Waals surface area contributed by atoms with Gasteiger partial charge < -0.3 is 15.4 Å². The van der Waals surface area contributed by atoms with Gasteiger partial charge >= 0.3 is 0 Å². The molecule has 1 aromatic carbocycles. The van der Waals surface area contributed by atoms with Gasteiger partial charge in [-0.25, -0.2) is 9.97 Å². The zero-order valence-corrected chi connectivity index (χ0v) is 15.7. The maximum absolute atomic E-state index is 12.8. The Hall–Kier alpha value is -2.22. The van der Waals surface area contributed by atoms with Crippen LogP contribution in [0.2, 0.25) is 5.02 Å². The summed E-state index contributed by atoms with van der Waals surface area (Å²) in [5.41, 5.74) is 8.23. The quantitative estimate of drug-likeness (QED) is 0.727. The smallest absolute Gasteiger partial charge is 0.266 e. The highest BCUT2D eigenvalue weighted by Gasteiger charge is 2.25. The zero-order valence-electron chi connectivity index (χ0n) is 14.2. The van der Waals surface area contributed by atoms with Crippen molar-refractivity contribution in [3.8, 4) is 11.4 Å². The number of nitrogens with two attached hydrogens (primary N) is 1. The second-order valence-electron chi connectivity index (χ2n) is 6.04. The van der Waals surface area contributed by atoms with Crippen molar-refractivity contribution < 1.29 is 9.53 Å². The van der Waals surface area contributed by atoms with Gasteiger partial charge in [0, 0.05) is 18.7 Å². The fourth-order valence-electron chi connectivity index (χ4n) is 3.03. The molecule has 3 aromatic rings. The molecule has 0 atom stereocenters. The van der Waals surface area contributed by atoms with Gasteiger partial charge in [-0.2, -0.15) is 0 Å². The first-order valence-electron chi connectivity index (χ1n) is 8.25.